The van der Waals surface area contributed by atoms with Gasteiger partial charge in [0.05, 0.1) is 10.6 Å². The number of amides is 1. The van der Waals surface area contributed by atoms with Crippen LogP contribution >= 0.6 is 22.9 Å². The second-order valence-electron chi connectivity index (χ2n) is 11.0. The van der Waals surface area contributed by atoms with Crippen molar-refractivity contribution >= 4 is 44.7 Å². The van der Waals surface area contributed by atoms with Gasteiger partial charge in [0, 0.05) is 34.8 Å². The summed E-state index contributed by atoms with van der Waals surface area (Å²) in [6, 6.07) is 9.47. The first-order valence-corrected chi connectivity index (χ1v) is 15.8. The SMILES string of the molecule is CC(C)(C)c1sc(S(=O)(=O)c2cc(F)c(Oc3ccc(Cl)cc3-c3ccnc(CN4CCC4)c3)cc2F)nc1NC(=O)O. The molecule has 0 spiro atoms. The van der Waals surface area contributed by atoms with Crippen LogP contribution in [0.25, 0.3) is 11.1 Å². The lowest BCUT2D eigenvalue weighted by atomic mass is 9.95. The molecule has 1 amide bonds. The van der Waals surface area contributed by atoms with Gasteiger partial charge in [-0.25, -0.2) is 27.0 Å². The number of nitrogens with one attached hydrogen (secondary N) is 1. The van der Waals surface area contributed by atoms with Gasteiger partial charge in [-0.05, 0) is 61.5 Å². The van der Waals surface area contributed by atoms with E-state index in [1.165, 1.54) is 12.1 Å². The van der Waals surface area contributed by atoms with Crippen LogP contribution in [0.4, 0.5) is 19.4 Å². The summed E-state index contributed by atoms with van der Waals surface area (Å²) in [5.74, 6) is -2.97. The first-order valence-electron chi connectivity index (χ1n) is 13.1. The Morgan fingerprint density at radius 1 is 1.12 bits per heavy atom. The number of carboxylic acid groups (broad SMARTS) is 1. The molecular weight excluding hydrogens is 622 g/mol. The summed E-state index contributed by atoms with van der Waals surface area (Å²) in [4.78, 5) is 21.2. The summed E-state index contributed by atoms with van der Waals surface area (Å²) >= 11 is 6.93. The summed E-state index contributed by atoms with van der Waals surface area (Å²) < 4.78 is 62.7. The Morgan fingerprint density at radius 3 is 2.51 bits per heavy atom. The molecule has 43 heavy (non-hydrogen) atoms. The van der Waals surface area contributed by atoms with E-state index < -0.39 is 48.0 Å². The molecule has 0 unspecified atom stereocenters. The van der Waals surface area contributed by atoms with Crippen LogP contribution in [0.3, 0.4) is 0 Å². The van der Waals surface area contributed by atoms with Gasteiger partial charge in [-0.15, -0.1) is 11.3 Å². The zero-order valence-electron chi connectivity index (χ0n) is 23.3. The number of nitrogens with zero attached hydrogens (tertiary/aromatic N) is 3. The zero-order valence-corrected chi connectivity index (χ0v) is 25.7. The van der Waals surface area contributed by atoms with E-state index in [9.17, 15) is 13.2 Å². The fourth-order valence-electron chi connectivity index (χ4n) is 4.43. The second-order valence-corrected chi connectivity index (χ2v) is 14.5. The Balaban J connectivity index is 1.48. The van der Waals surface area contributed by atoms with Crippen LogP contribution < -0.4 is 10.1 Å². The van der Waals surface area contributed by atoms with Gasteiger partial charge in [0.15, 0.2) is 17.4 Å². The molecule has 1 fully saturated rings. The highest BCUT2D eigenvalue weighted by atomic mass is 35.5. The fourth-order valence-corrected chi connectivity index (χ4v) is 7.35. The maximum Gasteiger partial charge on any atom is 0.410 e. The van der Waals surface area contributed by atoms with Crippen molar-refractivity contribution in [1.82, 2.24) is 14.9 Å². The lowest BCUT2D eigenvalue weighted by molar-refractivity contribution is 0.170. The van der Waals surface area contributed by atoms with Crippen LogP contribution in [0.5, 0.6) is 11.5 Å². The normalized spacial score (nSPS) is 13.9. The van der Waals surface area contributed by atoms with E-state index in [1.54, 1.807) is 39.1 Å². The maximum absolute atomic E-state index is 15.4. The van der Waals surface area contributed by atoms with Gasteiger partial charge < -0.3 is 9.84 Å². The van der Waals surface area contributed by atoms with E-state index in [0.29, 0.717) is 51.0 Å². The molecule has 2 aromatic carbocycles. The lowest BCUT2D eigenvalue weighted by Crippen LogP contribution is -2.36. The van der Waals surface area contributed by atoms with Crippen molar-refractivity contribution in [3.8, 4) is 22.6 Å². The first kappa shape index (κ1) is 30.8. The van der Waals surface area contributed by atoms with E-state index in [2.05, 4.69) is 20.2 Å². The average Bonchev–Trinajstić information content (AvgIpc) is 3.34. The monoisotopic (exact) mass is 648 g/mol. The fraction of sp³-hybridized carbons (Fsp3) is 0.276. The molecule has 2 N–H and O–H groups in total. The van der Waals surface area contributed by atoms with Crippen LogP contribution in [0.15, 0.2) is 57.9 Å². The van der Waals surface area contributed by atoms with Crippen molar-refractivity contribution in [1.29, 1.82) is 0 Å². The highest BCUT2D eigenvalue weighted by Gasteiger charge is 2.33. The van der Waals surface area contributed by atoms with Gasteiger partial charge in [0.2, 0.25) is 14.2 Å². The zero-order chi connectivity index (χ0) is 31.1. The Bertz CT molecular complexity index is 1820. The quantitative estimate of drug-likeness (QED) is 0.203. The van der Waals surface area contributed by atoms with Crippen molar-refractivity contribution in [2.24, 2.45) is 0 Å². The maximum atomic E-state index is 15.4. The number of aromatic nitrogens is 2. The summed E-state index contributed by atoms with van der Waals surface area (Å²) in [5, 5.41) is 11.6. The van der Waals surface area contributed by atoms with Gasteiger partial charge in [0.1, 0.15) is 16.5 Å². The average molecular weight is 649 g/mol. The molecule has 1 saturated heterocycles. The van der Waals surface area contributed by atoms with Gasteiger partial charge in [0.25, 0.3) is 0 Å². The smallest absolute Gasteiger partial charge is 0.410 e. The van der Waals surface area contributed by atoms with Crippen LogP contribution in [0.2, 0.25) is 5.02 Å². The minimum absolute atomic E-state index is 0.165. The summed E-state index contributed by atoms with van der Waals surface area (Å²) in [6.07, 6.45) is 1.34. The third-order valence-electron chi connectivity index (χ3n) is 6.64. The van der Waals surface area contributed by atoms with Crippen LogP contribution in [0.1, 0.15) is 37.8 Å². The molecule has 1 aliphatic heterocycles. The van der Waals surface area contributed by atoms with Crippen LogP contribution in [0, 0.1) is 11.6 Å². The number of pyridine rings is 1. The predicted molar refractivity (Wildman–Crippen MR) is 159 cm³/mol. The Kier molecular flexibility index (Phi) is 8.45. The van der Waals surface area contributed by atoms with Crippen molar-refractivity contribution in [3.05, 3.63) is 75.9 Å². The number of hydrogen-bond donors (Lipinski definition) is 2. The third kappa shape index (κ3) is 6.64. The first-order chi connectivity index (χ1) is 20.2. The van der Waals surface area contributed by atoms with E-state index in [0.717, 1.165) is 25.2 Å². The van der Waals surface area contributed by atoms with Crippen molar-refractivity contribution in [2.45, 2.75) is 48.4 Å². The van der Waals surface area contributed by atoms with E-state index in [4.69, 9.17) is 21.4 Å². The summed E-state index contributed by atoms with van der Waals surface area (Å²) in [5.41, 5.74) is 1.35. The van der Waals surface area contributed by atoms with Crippen LogP contribution in [-0.4, -0.2) is 47.6 Å². The molecule has 0 saturated carbocycles. The highest BCUT2D eigenvalue weighted by molar-refractivity contribution is 7.93. The number of likely N-dealkylation sites (tertiary alicyclic amines) is 1. The molecule has 0 aliphatic carbocycles. The molecule has 5 rings (SSSR count). The minimum Gasteiger partial charge on any atom is -0.465 e. The Morgan fingerprint density at radius 2 is 1.86 bits per heavy atom. The molecule has 2 aromatic heterocycles. The van der Waals surface area contributed by atoms with Gasteiger partial charge in [-0.1, -0.05) is 32.4 Å². The summed E-state index contributed by atoms with van der Waals surface area (Å²) in [7, 11) is -4.67. The van der Waals surface area contributed by atoms with Crippen LogP contribution in [-0.2, 0) is 21.8 Å². The highest BCUT2D eigenvalue weighted by Crippen LogP contribution is 2.41. The van der Waals surface area contributed by atoms with E-state index in [-0.39, 0.29) is 11.6 Å². The topological polar surface area (TPSA) is 122 Å². The van der Waals surface area contributed by atoms with E-state index in [1.807, 2.05) is 6.07 Å². The number of rotatable bonds is 8. The predicted octanol–water partition coefficient (Wildman–Crippen LogP) is 7.35. The van der Waals surface area contributed by atoms with Gasteiger partial charge in [-0.3, -0.25) is 15.2 Å². The second kappa shape index (κ2) is 11.8. The number of sulfone groups is 1. The molecule has 226 valence electrons. The molecule has 1 aliphatic rings. The molecule has 0 radical (unpaired) electrons. The molecule has 0 bridgehead atoms. The minimum atomic E-state index is -4.67. The Labute approximate surface area is 256 Å². The molecule has 0 atom stereocenters. The molecule has 4 aromatic rings. The Hall–Kier alpha value is -3.65. The molecule has 9 nitrogen and oxygen atoms in total. The summed E-state index contributed by atoms with van der Waals surface area (Å²) in [6.45, 7) is 7.87. The third-order valence-corrected chi connectivity index (χ3v) is 10.5. The largest absolute Gasteiger partial charge is 0.465 e. The van der Waals surface area contributed by atoms with Gasteiger partial charge >= 0.3 is 6.09 Å². The molecule has 3 heterocycles. The lowest BCUT2D eigenvalue weighted by Gasteiger charge is -2.30. The number of ether oxygens (including phenoxy) is 1. The number of anilines is 1. The number of benzene rings is 2. The van der Waals surface area contributed by atoms with Crippen molar-refractivity contribution in [2.75, 3.05) is 18.4 Å². The van der Waals surface area contributed by atoms with Gasteiger partial charge in [-0.2, -0.15) is 0 Å². The van der Waals surface area contributed by atoms with Crippen molar-refractivity contribution < 1.29 is 31.8 Å². The number of hydrogen-bond acceptors (Lipinski definition) is 8. The molecule has 14 heteroatoms. The van der Waals surface area contributed by atoms with E-state index >= 15 is 8.78 Å². The molecular formula is C29H27ClF2N4O5S2. The standard InChI is InChI=1S/C29H27ClF2N4O5S2/c1-29(2,3)25-26(34-27(37)38)35-28(42-25)43(39,40)24-14-20(31)23(13-21(24)32)41-22-6-5-17(30)12-19(22)16-7-8-33-18(11-16)15-36-9-4-10-36/h5-8,11-14,34H,4,9-10,15H2,1-3H3,(H,37,38). The number of halogens is 3. The number of thiazole rings is 1. The number of carbonyl (C=O) groups is 1. The van der Waals surface area contributed by atoms with Crippen molar-refractivity contribution in [3.63, 3.8) is 0 Å².